The highest BCUT2D eigenvalue weighted by Gasteiger charge is 2.46. The summed E-state index contributed by atoms with van der Waals surface area (Å²) in [7, 11) is -1.32. The van der Waals surface area contributed by atoms with Crippen LogP contribution in [0.1, 0.15) is 58.4 Å². The largest absolute Gasteiger partial charge is 0.411 e. The first-order valence-electron chi connectivity index (χ1n) is 12.3. The monoisotopic (exact) mass is 538 g/mol. The summed E-state index contributed by atoms with van der Waals surface area (Å²) in [6.07, 6.45) is 2.03. The van der Waals surface area contributed by atoms with E-state index in [0.29, 0.717) is 54.4 Å². The predicted molar refractivity (Wildman–Crippen MR) is 130 cm³/mol. The molecule has 1 aromatic carbocycles. The number of halogens is 3. The van der Waals surface area contributed by atoms with Crippen molar-refractivity contribution in [1.82, 2.24) is 15.1 Å². The zero-order valence-corrected chi connectivity index (χ0v) is 21.3. The molecule has 0 saturated heterocycles. The van der Waals surface area contributed by atoms with Crippen LogP contribution < -0.4 is 10.6 Å². The van der Waals surface area contributed by atoms with Gasteiger partial charge in [0.05, 0.1) is 17.8 Å². The zero-order valence-electron chi connectivity index (χ0n) is 20.5. The number of benzene rings is 1. The Kier molecular flexibility index (Phi) is 6.90. The normalized spacial score (nSPS) is 21.5. The Bertz CT molecular complexity index is 1260. The number of alkyl halides is 3. The quantitative estimate of drug-likeness (QED) is 0.511. The molecule has 0 radical (unpaired) electrons. The minimum Gasteiger partial charge on any atom is -0.367 e. The maximum Gasteiger partial charge on any atom is 0.411 e. The number of nitrogens with zero attached hydrogens (tertiary/aromatic N) is 2. The molecule has 1 aliphatic heterocycles. The molecule has 1 fully saturated rings. The summed E-state index contributed by atoms with van der Waals surface area (Å²) in [5, 5.41) is 10.7. The Labute approximate surface area is 214 Å². The molecule has 2 atom stereocenters. The van der Waals surface area contributed by atoms with Crippen molar-refractivity contribution in [1.29, 1.82) is 0 Å². The summed E-state index contributed by atoms with van der Waals surface area (Å²) in [6, 6.07) is 5.42. The highest BCUT2D eigenvalue weighted by Crippen LogP contribution is 2.44. The van der Waals surface area contributed by atoms with E-state index in [9.17, 15) is 27.0 Å². The van der Waals surface area contributed by atoms with E-state index in [1.165, 1.54) is 19.1 Å². The molecular weight excluding hydrogens is 509 g/mol. The van der Waals surface area contributed by atoms with Gasteiger partial charge >= 0.3 is 6.18 Å². The fraction of sp³-hybridized carbons (Fsp3) is 0.560. The number of rotatable bonds is 9. The highest BCUT2D eigenvalue weighted by atomic mass is 32.2. The van der Waals surface area contributed by atoms with Gasteiger partial charge in [0.25, 0.3) is 5.91 Å². The molecule has 2 aromatic rings. The summed E-state index contributed by atoms with van der Waals surface area (Å²) in [6.45, 7) is -0.878. The second kappa shape index (κ2) is 9.86. The van der Waals surface area contributed by atoms with Crippen LogP contribution in [0.25, 0.3) is 0 Å². The standard InChI is InChI=1S/C25H29F3N4O4S/c1-37(35)13-20(33)29-22-21-19(31-32(22)9-7-15-2-3-15)11-24(30-23(21)34)8-6-17-10-16(4-5-18(17)24)12-36-14-25(26,27)28/h4-5,10,15H,2-3,6-9,11-14H2,1H3,(H,29,33)(H,30,34)/t24-,37?/m0/s1. The van der Waals surface area contributed by atoms with Crippen molar-refractivity contribution in [2.45, 2.75) is 63.4 Å². The summed E-state index contributed by atoms with van der Waals surface area (Å²) in [5.74, 6) is 0.0299. The topological polar surface area (TPSA) is 102 Å². The average molecular weight is 539 g/mol. The van der Waals surface area contributed by atoms with Crippen LogP contribution in [0.4, 0.5) is 19.0 Å². The number of nitrogens with one attached hydrogen (secondary N) is 2. The molecule has 2 aliphatic carbocycles. The van der Waals surface area contributed by atoms with Crippen LogP contribution >= 0.6 is 0 Å². The van der Waals surface area contributed by atoms with E-state index in [1.54, 1.807) is 10.7 Å². The molecule has 1 saturated carbocycles. The number of ether oxygens (including phenoxy) is 1. The molecule has 2 N–H and O–H groups in total. The Morgan fingerprint density at radius 2 is 2.14 bits per heavy atom. The molecule has 37 heavy (non-hydrogen) atoms. The second-order valence-corrected chi connectivity index (χ2v) is 11.6. The molecular formula is C25H29F3N4O4S. The Hall–Kier alpha value is -2.73. The summed E-state index contributed by atoms with van der Waals surface area (Å²) >= 11 is 0. The van der Waals surface area contributed by atoms with Gasteiger partial charge < -0.3 is 15.4 Å². The zero-order chi connectivity index (χ0) is 26.4. The Morgan fingerprint density at radius 1 is 1.35 bits per heavy atom. The number of fused-ring (bicyclic) bond motifs is 3. The van der Waals surface area contributed by atoms with Crippen LogP contribution in [-0.2, 0) is 51.9 Å². The SMILES string of the molecule is CS(=O)CC(=O)Nc1c2c(nn1CCC1CC1)C[C@]1(CCc3cc(COCC(F)(F)F)ccc31)NC2=O. The van der Waals surface area contributed by atoms with Crippen molar-refractivity contribution >= 4 is 28.4 Å². The van der Waals surface area contributed by atoms with Gasteiger partial charge in [-0.05, 0) is 41.9 Å². The van der Waals surface area contributed by atoms with Crippen LogP contribution in [-0.4, -0.2) is 50.6 Å². The van der Waals surface area contributed by atoms with Crippen molar-refractivity contribution in [3.05, 3.63) is 46.1 Å². The van der Waals surface area contributed by atoms with Gasteiger partial charge in [-0.25, -0.2) is 4.68 Å². The molecule has 8 nitrogen and oxygen atoms in total. The fourth-order valence-corrected chi connectivity index (χ4v) is 5.77. The van der Waals surface area contributed by atoms with Crippen molar-refractivity contribution in [3.63, 3.8) is 0 Å². The van der Waals surface area contributed by atoms with Gasteiger partial charge in [0.15, 0.2) is 0 Å². The minimum absolute atomic E-state index is 0.146. The van der Waals surface area contributed by atoms with Crippen LogP contribution in [0.5, 0.6) is 0 Å². The maximum absolute atomic E-state index is 13.4. The number of hydrogen-bond acceptors (Lipinski definition) is 5. The molecule has 1 spiro atoms. The second-order valence-electron chi connectivity index (χ2n) is 10.2. The number of anilines is 1. The molecule has 0 bridgehead atoms. The van der Waals surface area contributed by atoms with Crippen molar-refractivity contribution in [3.8, 4) is 0 Å². The van der Waals surface area contributed by atoms with Crippen LogP contribution in [0.15, 0.2) is 18.2 Å². The molecule has 12 heteroatoms. The summed E-state index contributed by atoms with van der Waals surface area (Å²) in [5.41, 5.74) is 2.78. The third kappa shape index (κ3) is 5.74. The number of amides is 2. The minimum atomic E-state index is -4.38. The van der Waals surface area contributed by atoms with Crippen molar-refractivity contribution in [2.75, 3.05) is 23.9 Å². The van der Waals surface area contributed by atoms with Crippen molar-refractivity contribution < 1.29 is 31.7 Å². The van der Waals surface area contributed by atoms with E-state index >= 15 is 0 Å². The van der Waals surface area contributed by atoms with Gasteiger partial charge in [-0.3, -0.25) is 13.8 Å². The number of aryl methyl sites for hydroxylation is 2. The maximum atomic E-state index is 13.4. The number of carbonyl (C=O) groups excluding carboxylic acids is 2. The van der Waals surface area contributed by atoms with E-state index in [1.807, 2.05) is 12.1 Å². The lowest BCUT2D eigenvalue weighted by molar-refractivity contribution is -0.176. The Morgan fingerprint density at radius 3 is 2.84 bits per heavy atom. The fourth-order valence-electron chi connectivity index (χ4n) is 5.33. The molecule has 200 valence electrons. The third-order valence-electron chi connectivity index (χ3n) is 7.15. The number of aromatic nitrogens is 2. The molecule has 3 aliphatic rings. The lowest BCUT2D eigenvalue weighted by Crippen LogP contribution is -2.49. The lowest BCUT2D eigenvalue weighted by atomic mass is 9.82. The van der Waals surface area contributed by atoms with E-state index in [-0.39, 0.29) is 18.3 Å². The average Bonchev–Trinajstić information content (AvgIpc) is 3.49. The number of hydrogen-bond donors (Lipinski definition) is 2. The van der Waals surface area contributed by atoms with Gasteiger partial charge in [0, 0.05) is 30.0 Å². The van der Waals surface area contributed by atoms with Gasteiger partial charge in [-0.2, -0.15) is 18.3 Å². The van der Waals surface area contributed by atoms with Gasteiger partial charge in [-0.15, -0.1) is 0 Å². The predicted octanol–water partition coefficient (Wildman–Crippen LogP) is 3.21. The number of carbonyl (C=O) groups is 2. The van der Waals surface area contributed by atoms with E-state index in [4.69, 9.17) is 9.84 Å². The van der Waals surface area contributed by atoms with Crippen LogP contribution in [0, 0.1) is 5.92 Å². The molecule has 1 unspecified atom stereocenters. The molecule has 2 amide bonds. The highest BCUT2D eigenvalue weighted by molar-refractivity contribution is 7.85. The van der Waals surface area contributed by atoms with Gasteiger partial charge in [0.1, 0.15) is 23.7 Å². The smallest absolute Gasteiger partial charge is 0.367 e. The van der Waals surface area contributed by atoms with Crippen molar-refractivity contribution in [2.24, 2.45) is 5.92 Å². The van der Waals surface area contributed by atoms with Gasteiger partial charge in [-0.1, -0.05) is 31.0 Å². The van der Waals surface area contributed by atoms with E-state index in [2.05, 4.69) is 10.6 Å². The van der Waals surface area contributed by atoms with E-state index < -0.39 is 35.0 Å². The lowest BCUT2D eigenvalue weighted by Gasteiger charge is -2.35. The first kappa shape index (κ1) is 25.9. The molecule has 5 rings (SSSR count). The van der Waals surface area contributed by atoms with E-state index in [0.717, 1.165) is 17.5 Å². The first-order valence-corrected chi connectivity index (χ1v) is 14.0. The Balaban J connectivity index is 1.39. The van der Waals surface area contributed by atoms with Crippen LogP contribution in [0.2, 0.25) is 0 Å². The van der Waals surface area contributed by atoms with Gasteiger partial charge in [0.2, 0.25) is 5.91 Å². The van der Waals surface area contributed by atoms with Crippen LogP contribution in [0.3, 0.4) is 0 Å². The molecule has 1 aromatic heterocycles. The molecule has 2 heterocycles. The first-order chi connectivity index (χ1) is 17.5. The summed E-state index contributed by atoms with van der Waals surface area (Å²) < 4.78 is 55.3. The summed E-state index contributed by atoms with van der Waals surface area (Å²) in [4.78, 5) is 25.9. The third-order valence-corrected chi connectivity index (χ3v) is 7.82.